The molecule has 1 aliphatic carbocycles. The second kappa shape index (κ2) is 12.4. The van der Waals surface area contributed by atoms with Crippen LogP contribution in [0.1, 0.15) is 55.7 Å². The molecule has 0 aromatic heterocycles. The Morgan fingerprint density at radius 2 is 1.64 bits per heavy atom. The normalized spacial score (nSPS) is 14.9. The maximum absolute atomic E-state index is 13.7. The predicted octanol–water partition coefficient (Wildman–Crippen LogP) is 3.98. The average Bonchev–Trinajstić information content (AvgIpc) is 3.32. The number of hydrogen-bond donors (Lipinski definition) is 1. The number of benzene rings is 2. The van der Waals surface area contributed by atoms with E-state index < -0.39 is 16.1 Å². The summed E-state index contributed by atoms with van der Waals surface area (Å²) in [5.41, 5.74) is 3.33. The van der Waals surface area contributed by atoms with Gasteiger partial charge in [0.2, 0.25) is 21.8 Å². The van der Waals surface area contributed by atoms with Crippen LogP contribution in [0.15, 0.2) is 48.5 Å². The van der Waals surface area contributed by atoms with Crippen molar-refractivity contribution >= 4 is 27.5 Å². The summed E-state index contributed by atoms with van der Waals surface area (Å²) in [6, 6.07) is 14.7. The molecule has 2 amide bonds. The summed E-state index contributed by atoms with van der Waals surface area (Å²) in [6.07, 6.45) is 6.22. The van der Waals surface area contributed by atoms with E-state index in [1.807, 2.05) is 57.2 Å². The molecule has 1 saturated carbocycles. The molecule has 0 aliphatic heterocycles. The van der Waals surface area contributed by atoms with Crippen molar-refractivity contribution in [3.63, 3.8) is 0 Å². The van der Waals surface area contributed by atoms with E-state index in [2.05, 4.69) is 5.32 Å². The fraction of sp³-hybridized carbons (Fsp3) is 0.500. The number of nitrogens with zero attached hydrogens (tertiary/aromatic N) is 2. The number of anilines is 1. The highest BCUT2D eigenvalue weighted by Crippen LogP contribution is 2.23. The molecule has 2 aromatic rings. The van der Waals surface area contributed by atoms with Crippen molar-refractivity contribution in [3.05, 3.63) is 65.2 Å². The third-order valence-electron chi connectivity index (χ3n) is 6.75. The van der Waals surface area contributed by atoms with Gasteiger partial charge < -0.3 is 10.2 Å². The Labute approximate surface area is 215 Å². The third kappa shape index (κ3) is 7.56. The van der Waals surface area contributed by atoms with Gasteiger partial charge >= 0.3 is 0 Å². The van der Waals surface area contributed by atoms with E-state index in [-0.39, 0.29) is 24.4 Å². The van der Waals surface area contributed by atoms with Gasteiger partial charge in [0, 0.05) is 12.6 Å². The molecule has 1 N–H and O–H groups in total. The van der Waals surface area contributed by atoms with Crippen molar-refractivity contribution < 1.29 is 18.0 Å². The minimum atomic E-state index is -3.73. The van der Waals surface area contributed by atoms with Crippen LogP contribution in [0.3, 0.4) is 0 Å². The molecule has 196 valence electrons. The van der Waals surface area contributed by atoms with Crippen molar-refractivity contribution in [3.8, 4) is 0 Å². The lowest BCUT2D eigenvalue weighted by atomic mass is 10.1. The third-order valence-corrected chi connectivity index (χ3v) is 7.89. The lowest BCUT2D eigenvalue weighted by molar-refractivity contribution is -0.139. The Bertz CT molecular complexity index is 1120. The van der Waals surface area contributed by atoms with Crippen molar-refractivity contribution in [2.75, 3.05) is 23.7 Å². The molecule has 1 atom stereocenters. The zero-order chi connectivity index (χ0) is 26.3. The Balaban J connectivity index is 1.88. The van der Waals surface area contributed by atoms with Crippen LogP contribution in [0.2, 0.25) is 0 Å². The standard InChI is InChI=1S/C28H39N3O4S/c1-5-26(28(33)29-24-13-9-10-14-24)30(16-15-23-11-7-6-8-12-23)27(32)20-31(36(4,34)35)25-18-21(2)17-22(3)19-25/h6-8,11-12,17-19,24,26H,5,9-10,13-16,20H2,1-4H3,(H,29,33)/t26-/m0/s1. The summed E-state index contributed by atoms with van der Waals surface area (Å²) in [6.45, 7) is 5.64. The summed E-state index contributed by atoms with van der Waals surface area (Å²) in [7, 11) is -3.73. The first-order valence-corrected chi connectivity index (χ1v) is 14.6. The van der Waals surface area contributed by atoms with E-state index in [0.717, 1.165) is 52.9 Å². The van der Waals surface area contributed by atoms with Gasteiger partial charge in [0.15, 0.2) is 0 Å². The molecule has 0 unspecified atom stereocenters. The minimum absolute atomic E-state index is 0.139. The van der Waals surface area contributed by atoms with Crippen LogP contribution in [0, 0.1) is 13.8 Å². The van der Waals surface area contributed by atoms with Gasteiger partial charge in [-0.2, -0.15) is 0 Å². The van der Waals surface area contributed by atoms with E-state index in [1.165, 1.54) is 0 Å². The lowest BCUT2D eigenvalue weighted by Crippen LogP contribution is -2.54. The number of sulfonamides is 1. The molecule has 3 rings (SSSR count). The summed E-state index contributed by atoms with van der Waals surface area (Å²) < 4.78 is 26.7. The van der Waals surface area contributed by atoms with Crippen LogP contribution in [0.5, 0.6) is 0 Å². The summed E-state index contributed by atoms with van der Waals surface area (Å²) in [4.78, 5) is 28.6. The number of rotatable bonds is 11. The first-order chi connectivity index (χ1) is 17.1. The van der Waals surface area contributed by atoms with Gasteiger partial charge in [0.25, 0.3) is 0 Å². The van der Waals surface area contributed by atoms with Gasteiger partial charge in [-0.15, -0.1) is 0 Å². The highest BCUT2D eigenvalue weighted by molar-refractivity contribution is 7.92. The molecule has 0 saturated heterocycles. The number of aryl methyl sites for hydroxylation is 2. The fourth-order valence-corrected chi connectivity index (χ4v) is 5.81. The van der Waals surface area contributed by atoms with Gasteiger partial charge in [0.1, 0.15) is 12.6 Å². The molecule has 0 radical (unpaired) electrons. The van der Waals surface area contributed by atoms with Crippen molar-refractivity contribution in [1.29, 1.82) is 0 Å². The van der Waals surface area contributed by atoms with Gasteiger partial charge in [-0.1, -0.05) is 56.2 Å². The topological polar surface area (TPSA) is 86.8 Å². The predicted molar refractivity (Wildman–Crippen MR) is 144 cm³/mol. The first-order valence-electron chi connectivity index (χ1n) is 12.8. The summed E-state index contributed by atoms with van der Waals surface area (Å²) in [5.74, 6) is -0.549. The molecule has 0 spiro atoms. The molecule has 8 heteroatoms. The Morgan fingerprint density at radius 1 is 1.03 bits per heavy atom. The average molecular weight is 514 g/mol. The quantitative estimate of drug-likeness (QED) is 0.492. The van der Waals surface area contributed by atoms with Crippen LogP contribution < -0.4 is 9.62 Å². The fourth-order valence-electron chi connectivity index (χ4n) is 4.97. The molecule has 36 heavy (non-hydrogen) atoms. The monoisotopic (exact) mass is 513 g/mol. The lowest BCUT2D eigenvalue weighted by Gasteiger charge is -2.33. The van der Waals surface area contributed by atoms with Crippen molar-refractivity contribution in [2.45, 2.75) is 71.4 Å². The molecule has 1 aliphatic rings. The highest BCUT2D eigenvalue weighted by Gasteiger charge is 2.32. The molecule has 0 heterocycles. The van der Waals surface area contributed by atoms with Crippen LogP contribution in [0.4, 0.5) is 5.69 Å². The molecule has 0 bridgehead atoms. The minimum Gasteiger partial charge on any atom is -0.352 e. The first kappa shape index (κ1) is 27.7. The smallest absolute Gasteiger partial charge is 0.244 e. The summed E-state index contributed by atoms with van der Waals surface area (Å²) >= 11 is 0. The SMILES string of the molecule is CC[C@@H](C(=O)NC1CCCC1)N(CCc1ccccc1)C(=O)CN(c1cc(C)cc(C)c1)S(C)(=O)=O. The highest BCUT2D eigenvalue weighted by atomic mass is 32.2. The molecular weight excluding hydrogens is 474 g/mol. The van der Waals surface area contributed by atoms with Crippen LogP contribution >= 0.6 is 0 Å². The van der Waals surface area contributed by atoms with Crippen LogP contribution in [-0.2, 0) is 26.0 Å². The molecule has 2 aromatic carbocycles. The summed E-state index contributed by atoms with van der Waals surface area (Å²) in [5, 5.41) is 3.13. The van der Waals surface area contributed by atoms with Crippen LogP contribution in [0.25, 0.3) is 0 Å². The van der Waals surface area contributed by atoms with E-state index >= 15 is 0 Å². The van der Waals surface area contributed by atoms with Gasteiger partial charge in [-0.3, -0.25) is 13.9 Å². The van der Waals surface area contributed by atoms with E-state index in [0.29, 0.717) is 25.1 Å². The number of hydrogen-bond acceptors (Lipinski definition) is 4. The van der Waals surface area contributed by atoms with Crippen LogP contribution in [-0.4, -0.2) is 56.6 Å². The Hall–Kier alpha value is -2.87. The van der Waals surface area contributed by atoms with E-state index in [1.54, 1.807) is 17.0 Å². The van der Waals surface area contributed by atoms with Gasteiger partial charge in [-0.05, 0) is 68.4 Å². The Kier molecular flexibility index (Phi) is 9.54. The largest absolute Gasteiger partial charge is 0.352 e. The molecular formula is C28H39N3O4S. The second-order valence-corrected chi connectivity index (χ2v) is 11.8. The molecule has 7 nitrogen and oxygen atoms in total. The zero-order valence-electron chi connectivity index (χ0n) is 21.9. The zero-order valence-corrected chi connectivity index (χ0v) is 22.7. The maximum Gasteiger partial charge on any atom is 0.244 e. The number of amides is 2. The second-order valence-electron chi connectivity index (χ2n) is 9.85. The number of nitrogens with one attached hydrogen (secondary N) is 1. The number of carbonyl (C=O) groups is 2. The van der Waals surface area contributed by atoms with Gasteiger partial charge in [0.05, 0.1) is 11.9 Å². The van der Waals surface area contributed by atoms with E-state index in [4.69, 9.17) is 0 Å². The Morgan fingerprint density at radius 3 is 2.19 bits per heavy atom. The molecule has 1 fully saturated rings. The van der Waals surface area contributed by atoms with Crippen molar-refractivity contribution in [1.82, 2.24) is 10.2 Å². The van der Waals surface area contributed by atoms with Gasteiger partial charge in [-0.25, -0.2) is 8.42 Å². The number of carbonyl (C=O) groups excluding carboxylic acids is 2. The van der Waals surface area contributed by atoms with Crippen molar-refractivity contribution in [2.24, 2.45) is 0 Å². The van der Waals surface area contributed by atoms with E-state index in [9.17, 15) is 18.0 Å². The maximum atomic E-state index is 13.7.